The van der Waals surface area contributed by atoms with E-state index in [0.717, 1.165) is 18.2 Å². The van der Waals surface area contributed by atoms with Crippen LogP contribution in [0.1, 0.15) is 5.56 Å². The van der Waals surface area contributed by atoms with Crippen molar-refractivity contribution in [2.45, 2.75) is 12.6 Å². The van der Waals surface area contributed by atoms with Gasteiger partial charge in [-0.05, 0) is 18.2 Å². The summed E-state index contributed by atoms with van der Waals surface area (Å²) in [6.07, 6.45) is -0.907. The smallest absolute Gasteiger partial charge is 0.334 e. The minimum absolute atomic E-state index is 0.172. The summed E-state index contributed by atoms with van der Waals surface area (Å²) in [5.41, 5.74) is 0.223. The standard InChI is InChI=1S/C12H13F2NO3/c13-9-1-2-10(14)8(5-9)6-15-3-4-18-11(7-15)12(16)17/h1-2,5,11H,3-4,6-7H2,(H,16,17). The Labute approximate surface area is 103 Å². The third-order valence-electron chi connectivity index (χ3n) is 2.83. The van der Waals surface area contributed by atoms with E-state index in [4.69, 9.17) is 9.84 Å². The monoisotopic (exact) mass is 257 g/mol. The van der Waals surface area contributed by atoms with Crippen LogP contribution >= 0.6 is 0 Å². The van der Waals surface area contributed by atoms with Gasteiger partial charge < -0.3 is 9.84 Å². The molecule has 0 spiro atoms. The molecule has 98 valence electrons. The van der Waals surface area contributed by atoms with Crippen molar-refractivity contribution in [1.82, 2.24) is 4.90 Å². The number of carboxylic acid groups (broad SMARTS) is 1. The van der Waals surface area contributed by atoms with Crippen molar-refractivity contribution in [3.63, 3.8) is 0 Å². The molecular formula is C12H13F2NO3. The fourth-order valence-corrected chi connectivity index (χ4v) is 1.90. The largest absolute Gasteiger partial charge is 0.479 e. The number of carboxylic acids is 1. The Kier molecular flexibility index (Phi) is 3.88. The molecule has 1 N–H and O–H groups in total. The van der Waals surface area contributed by atoms with Crippen LogP contribution in [-0.4, -0.2) is 41.8 Å². The van der Waals surface area contributed by atoms with Gasteiger partial charge in [0.25, 0.3) is 0 Å². The number of hydrogen-bond acceptors (Lipinski definition) is 3. The molecular weight excluding hydrogens is 244 g/mol. The average molecular weight is 257 g/mol. The summed E-state index contributed by atoms with van der Waals surface area (Å²) >= 11 is 0. The van der Waals surface area contributed by atoms with Crippen molar-refractivity contribution in [3.8, 4) is 0 Å². The van der Waals surface area contributed by atoms with Gasteiger partial charge in [0.15, 0.2) is 6.10 Å². The normalized spacial score (nSPS) is 20.9. The van der Waals surface area contributed by atoms with Crippen molar-refractivity contribution in [3.05, 3.63) is 35.4 Å². The van der Waals surface area contributed by atoms with Crippen LogP contribution in [0.4, 0.5) is 8.78 Å². The highest BCUT2D eigenvalue weighted by atomic mass is 19.1. The Morgan fingerprint density at radius 2 is 2.28 bits per heavy atom. The maximum Gasteiger partial charge on any atom is 0.334 e. The summed E-state index contributed by atoms with van der Waals surface area (Å²) in [7, 11) is 0. The zero-order valence-electron chi connectivity index (χ0n) is 9.60. The maximum absolute atomic E-state index is 13.4. The molecule has 1 aromatic carbocycles. The van der Waals surface area contributed by atoms with Crippen LogP contribution in [0.25, 0.3) is 0 Å². The van der Waals surface area contributed by atoms with Crippen LogP contribution in [0.3, 0.4) is 0 Å². The molecule has 1 saturated heterocycles. The number of aliphatic carboxylic acids is 1. The van der Waals surface area contributed by atoms with E-state index in [-0.39, 0.29) is 25.3 Å². The van der Waals surface area contributed by atoms with Crippen molar-refractivity contribution in [2.75, 3.05) is 19.7 Å². The van der Waals surface area contributed by atoms with Crippen LogP contribution in [-0.2, 0) is 16.1 Å². The van der Waals surface area contributed by atoms with Gasteiger partial charge in [-0.1, -0.05) is 0 Å². The molecule has 0 radical (unpaired) electrons. The Bertz CT molecular complexity index is 453. The van der Waals surface area contributed by atoms with Crippen LogP contribution in [0, 0.1) is 11.6 Å². The van der Waals surface area contributed by atoms with Crippen LogP contribution < -0.4 is 0 Å². The molecule has 1 aromatic rings. The second-order valence-electron chi connectivity index (χ2n) is 4.17. The molecule has 2 rings (SSSR count). The molecule has 0 aliphatic carbocycles. The fourth-order valence-electron chi connectivity index (χ4n) is 1.90. The number of halogens is 2. The lowest BCUT2D eigenvalue weighted by Gasteiger charge is -2.30. The second kappa shape index (κ2) is 5.41. The van der Waals surface area contributed by atoms with E-state index >= 15 is 0 Å². The van der Waals surface area contributed by atoms with Gasteiger partial charge in [0.1, 0.15) is 11.6 Å². The SMILES string of the molecule is O=C(O)C1CN(Cc2cc(F)ccc2F)CCO1. The van der Waals surface area contributed by atoms with Crippen LogP contribution in [0.5, 0.6) is 0 Å². The number of benzene rings is 1. The van der Waals surface area contributed by atoms with E-state index in [1.807, 2.05) is 0 Å². The quantitative estimate of drug-likeness (QED) is 0.885. The molecule has 1 unspecified atom stereocenters. The molecule has 0 bridgehead atoms. The summed E-state index contributed by atoms with van der Waals surface area (Å²) in [6, 6.07) is 3.25. The highest BCUT2D eigenvalue weighted by Gasteiger charge is 2.26. The molecule has 1 aliphatic heterocycles. The summed E-state index contributed by atoms with van der Waals surface area (Å²) in [5.74, 6) is -2.04. The number of carbonyl (C=O) groups is 1. The van der Waals surface area contributed by atoms with Crippen molar-refractivity contribution in [2.24, 2.45) is 0 Å². The second-order valence-corrected chi connectivity index (χ2v) is 4.17. The van der Waals surface area contributed by atoms with E-state index in [1.54, 1.807) is 4.90 Å². The van der Waals surface area contributed by atoms with E-state index in [9.17, 15) is 13.6 Å². The highest BCUT2D eigenvalue weighted by molar-refractivity contribution is 5.72. The molecule has 1 heterocycles. The summed E-state index contributed by atoms with van der Waals surface area (Å²) in [5, 5.41) is 8.84. The third-order valence-corrected chi connectivity index (χ3v) is 2.83. The van der Waals surface area contributed by atoms with Gasteiger partial charge in [-0.2, -0.15) is 0 Å². The van der Waals surface area contributed by atoms with Gasteiger partial charge in [0.2, 0.25) is 0 Å². The maximum atomic E-state index is 13.4. The van der Waals surface area contributed by atoms with Gasteiger partial charge in [-0.3, -0.25) is 4.90 Å². The van der Waals surface area contributed by atoms with Crippen molar-refractivity contribution >= 4 is 5.97 Å². The van der Waals surface area contributed by atoms with Gasteiger partial charge in [0, 0.05) is 25.2 Å². The molecule has 6 heteroatoms. The molecule has 0 amide bonds. The molecule has 0 saturated carbocycles. The van der Waals surface area contributed by atoms with E-state index in [0.29, 0.717) is 6.54 Å². The first-order valence-corrected chi connectivity index (χ1v) is 5.57. The Morgan fingerprint density at radius 3 is 3.00 bits per heavy atom. The highest BCUT2D eigenvalue weighted by Crippen LogP contribution is 2.15. The fraction of sp³-hybridized carbons (Fsp3) is 0.417. The minimum atomic E-state index is -1.04. The average Bonchev–Trinajstić information content (AvgIpc) is 2.34. The first-order valence-electron chi connectivity index (χ1n) is 5.57. The minimum Gasteiger partial charge on any atom is -0.479 e. The molecule has 1 aliphatic rings. The van der Waals surface area contributed by atoms with E-state index < -0.39 is 23.7 Å². The third kappa shape index (κ3) is 3.02. The Balaban J connectivity index is 2.04. The summed E-state index contributed by atoms with van der Waals surface area (Å²) in [4.78, 5) is 12.5. The van der Waals surface area contributed by atoms with Crippen LogP contribution in [0.15, 0.2) is 18.2 Å². The lowest BCUT2D eigenvalue weighted by atomic mass is 10.1. The first-order chi connectivity index (χ1) is 8.56. The summed E-state index contributed by atoms with van der Waals surface area (Å²) < 4.78 is 31.5. The van der Waals surface area contributed by atoms with Gasteiger partial charge >= 0.3 is 5.97 Å². The van der Waals surface area contributed by atoms with E-state index in [2.05, 4.69) is 0 Å². The van der Waals surface area contributed by atoms with Crippen molar-refractivity contribution in [1.29, 1.82) is 0 Å². The predicted molar refractivity (Wildman–Crippen MR) is 59.0 cm³/mol. The predicted octanol–water partition coefficient (Wildman–Crippen LogP) is 1.25. The van der Waals surface area contributed by atoms with Gasteiger partial charge in [0.05, 0.1) is 6.61 Å². The van der Waals surface area contributed by atoms with Gasteiger partial charge in [-0.15, -0.1) is 0 Å². The zero-order chi connectivity index (χ0) is 13.1. The molecule has 1 atom stereocenters. The van der Waals surface area contributed by atoms with Crippen LogP contribution in [0.2, 0.25) is 0 Å². The Morgan fingerprint density at radius 1 is 1.50 bits per heavy atom. The molecule has 0 aromatic heterocycles. The Hall–Kier alpha value is -1.53. The molecule has 1 fully saturated rings. The molecule has 4 nitrogen and oxygen atoms in total. The number of ether oxygens (including phenoxy) is 1. The number of morpholine rings is 1. The lowest BCUT2D eigenvalue weighted by Crippen LogP contribution is -2.45. The van der Waals surface area contributed by atoms with Crippen molar-refractivity contribution < 1.29 is 23.4 Å². The zero-order valence-corrected chi connectivity index (χ0v) is 9.60. The van der Waals surface area contributed by atoms with Gasteiger partial charge in [-0.25, -0.2) is 13.6 Å². The first kappa shape index (κ1) is 12.9. The number of rotatable bonds is 3. The molecule has 18 heavy (non-hydrogen) atoms. The number of nitrogens with zero attached hydrogens (tertiary/aromatic N) is 1. The topological polar surface area (TPSA) is 49.8 Å². The summed E-state index contributed by atoms with van der Waals surface area (Å²) in [6.45, 7) is 1.12. The number of hydrogen-bond donors (Lipinski definition) is 1. The lowest BCUT2D eigenvalue weighted by molar-refractivity contribution is -0.156. The van der Waals surface area contributed by atoms with E-state index in [1.165, 1.54) is 0 Å².